The predicted octanol–water partition coefficient (Wildman–Crippen LogP) is 5.95. The third kappa shape index (κ3) is 5.38. The molecular formula is C26H30N2O4. The molecular weight excluding hydrogens is 404 g/mol. The fourth-order valence-corrected chi connectivity index (χ4v) is 3.46. The summed E-state index contributed by atoms with van der Waals surface area (Å²) in [5.41, 5.74) is 2.68. The van der Waals surface area contributed by atoms with Crippen molar-refractivity contribution in [1.82, 2.24) is 4.98 Å². The van der Waals surface area contributed by atoms with Gasteiger partial charge >= 0.3 is 5.97 Å². The van der Waals surface area contributed by atoms with E-state index in [4.69, 9.17) is 14.2 Å². The number of nitrogens with zero attached hydrogens (tertiary/aromatic N) is 2. The molecule has 3 aromatic rings. The van der Waals surface area contributed by atoms with Crippen molar-refractivity contribution in [2.75, 3.05) is 19.1 Å². The van der Waals surface area contributed by atoms with Crippen LogP contribution in [0, 0.1) is 0 Å². The molecule has 32 heavy (non-hydrogen) atoms. The van der Waals surface area contributed by atoms with E-state index < -0.39 is 5.60 Å². The Balaban J connectivity index is 2.10. The molecule has 0 aliphatic heterocycles. The van der Waals surface area contributed by atoms with Gasteiger partial charge in [-0.3, -0.25) is 4.98 Å². The molecule has 6 heteroatoms. The van der Waals surface area contributed by atoms with Crippen LogP contribution in [0.2, 0.25) is 0 Å². The van der Waals surface area contributed by atoms with Gasteiger partial charge in [0.25, 0.3) is 0 Å². The van der Waals surface area contributed by atoms with E-state index in [0.29, 0.717) is 17.1 Å². The smallest absolute Gasteiger partial charge is 0.338 e. The van der Waals surface area contributed by atoms with Crippen molar-refractivity contribution in [2.45, 2.75) is 39.3 Å². The third-order valence-electron chi connectivity index (χ3n) is 4.96. The molecule has 0 spiro atoms. The lowest BCUT2D eigenvalue weighted by Gasteiger charge is -2.32. The zero-order valence-corrected chi connectivity index (χ0v) is 19.5. The minimum absolute atomic E-state index is 0.0734. The van der Waals surface area contributed by atoms with Gasteiger partial charge in [-0.2, -0.15) is 0 Å². The van der Waals surface area contributed by atoms with Crippen molar-refractivity contribution in [2.24, 2.45) is 0 Å². The molecule has 1 atom stereocenters. The predicted molar refractivity (Wildman–Crippen MR) is 126 cm³/mol. The first-order valence-corrected chi connectivity index (χ1v) is 10.5. The molecule has 1 aromatic heterocycles. The Bertz CT molecular complexity index is 1060. The van der Waals surface area contributed by atoms with Crippen molar-refractivity contribution >= 4 is 17.3 Å². The number of pyridine rings is 1. The maximum Gasteiger partial charge on any atom is 0.338 e. The normalized spacial score (nSPS) is 12.1. The van der Waals surface area contributed by atoms with Gasteiger partial charge < -0.3 is 19.1 Å². The Morgan fingerprint density at radius 3 is 2.28 bits per heavy atom. The number of carbonyl (C=O) groups excluding carboxylic acids is 1. The van der Waals surface area contributed by atoms with E-state index in [1.807, 2.05) is 75.5 Å². The monoisotopic (exact) mass is 434 g/mol. The van der Waals surface area contributed by atoms with Crippen LogP contribution in [0.4, 0.5) is 11.4 Å². The van der Waals surface area contributed by atoms with Gasteiger partial charge in [-0.1, -0.05) is 12.1 Å². The van der Waals surface area contributed by atoms with E-state index in [1.54, 1.807) is 26.5 Å². The third-order valence-corrected chi connectivity index (χ3v) is 4.96. The van der Waals surface area contributed by atoms with Crippen LogP contribution < -0.4 is 14.4 Å². The van der Waals surface area contributed by atoms with E-state index in [9.17, 15) is 4.79 Å². The number of anilines is 2. The average molecular weight is 435 g/mol. The fraction of sp³-hybridized carbons (Fsp3) is 0.308. The number of hydrogen-bond donors (Lipinski definition) is 0. The van der Waals surface area contributed by atoms with Crippen LogP contribution in [-0.4, -0.2) is 30.8 Å². The van der Waals surface area contributed by atoms with Crippen LogP contribution in [-0.2, 0) is 4.74 Å². The van der Waals surface area contributed by atoms with Crippen LogP contribution in [0.1, 0.15) is 49.7 Å². The number of carbonyl (C=O) groups is 1. The highest BCUT2D eigenvalue weighted by Gasteiger charge is 2.23. The summed E-state index contributed by atoms with van der Waals surface area (Å²) in [5, 5.41) is 0. The van der Waals surface area contributed by atoms with Crippen molar-refractivity contribution in [3.8, 4) is 11.5 Å². The number of hydrogen-bond acceptors (Lipinski definition) is 6. The Labute approximate surface area is 189 Å². The summed E-state index contributed by atoms with van der Waals surface area (Å²) < 4.78 is 16.5. The van der Waals surface area contributed by atoms with Crippen molar-refractivity contribution in [1.29, 1.82) is 0 Å². The van der Waals surface area contributed by atoms with Crippen LogP contribution in [0.15, 0.2) is 67.0 Å². The second-order valence-electron chi connectivity index (χ2n) is 8.42. The number of rotatable bonds is 7. The average Bonchev–Trinajstić information content (AvgIpc) is 2.78. The first-order chi connectivity index (χ1) is 15.2. The van der Waals surface area contributed by atoms with Gasteiger partial charge in [-0.05, 0) is 69.7 Å². The highest BCUT2D eigenvalue weighted by molar-refractivity contribution is 5.91. The van der Waals surface area contributed by atoms with Gasteiger partial charge in [0, 0.05) is 29.8 Å². The van der Waals surface area contributed by atoms with E-state index in [1.165, 1.54) is 0 Å². The first kappa shape index (κ1) is 23.1. The summed E-state index contributed by atoms with van der Waals surface area (Å²) in [6, 6.07) is 17.1. The first-order valence-electron chi connectivity index (χ1n) is 10.5. The van der Waals surface area contributed by atoms with Crippen LogP contribution in [0.25, 0.3) is 0 Å². The van der Waals surface area contributed by atoms with E-state index in [2.05, 4.69) is 16.8 Å². The van der Waals surface area contributed by atoms with Gasteiger partial charge in [-0.25, -0.2) is 4.79 Å². The molecule has 3 rings (SSSR count). The second kappa shape index (κ2) is 9.73. The van der Waals surface area contributed by atoms with Crippen molar-refractivity contribution in [3.05, 3.63) is 78.1 Å². The molecule has 0 bridgehead atoms. The molecule has 2 aromatic carbocycles. The topological polar surface area (TPSA) is 60.9 Å². The lowest BCUT2D eigenvalue weighted by molar-refractivity contribution is 0.00695. The molecule has 0 saturated heterocycles. The molecule has 0 amide bonds. The lowest BCUT2D eigenvalue weighted by atomic mass is 10.1. The number of esters is 1. The maximum atomic E-state index is 12.7. The molecule has 0 N–H and O–H groups in total. The molecule has 0 saturated carbocycles. The number of ether oxygens (including phenoxy) is 3. The molecule has 0 aliphatic carbocycles. The Hall–Kier alpha value is -3.54. The van der Waals surface area contributed by atoms with E-state index in [0.717, 1.165) is 16.9 Å². The van der Waals surface area contributed by atoms with Crippen LogP contribution in [0.5, 0.6) is 11.5 Å². The van der Waals surface area contributed by atoms with Crippen LogP contribution in [0.3, 0.4) is 0 Å². The highest BCUT2D eigenvalue weighted by Crippen LogP contribution is 2.39. The molecule has 1 heterocycles. The molecule has 0 radical (unpaired) electrons. The van der Waals surface area contributed by atoms with Gasteiger partial charge in [0.1, 0.15) is 5.60 Å². The summed E-state index contributed by atoms with van der Waals surface area (Å²) in [4.78, 5) is 19.1. The maximum absolute atomic E-state index is 12.7. The number of aromatic nitrogens is 1. The van der Waals surface area contributed by atoms with Crippen molar-refractivity contribution < 1.29 is 19.0 Å². The van der Waals surface area contributed by atoms with Gasteiger partial charge in [0.15, 0.2) is 11.5 Å². The van der Waals surface area contributed by atoms with Crippen molar-refractivity contribution in [3.63, 3.8) is 0 Å². The largest absolute Gasteiger partial charge is 0.493 e. The standard InChI is InChI=1S/C26H30N2O4/c1-18(20-10-8-14-27-17-20)28(22-12-13-23(30-5)24(16-22)31-6)21-11-7-9-19(15-21)25(29)32-26(2,3)4/h7-18H,1-6H3. The fourth-order valence-electron chi connectivity index (χ4n) is 3.46. The molecule has 6 nitrogen and oxygen atoms in total. The van der Waals surface area contributed by atoms with E-state index >= 15 is 0 Å². The number of methoxy groups -OCH3 is 2. The zero-order chi connectivity index (χ0) is 23.3. The Morgan fingerprint density at radius 1 is 0.938 bits per heavy atom. The van der Waals surface area contributed by atoms with Gasteiger partial charge in [0.2, 0.25) is 0 Å². The minimum atomic E-state index is -0.570. The lowest BCUT2D eigenvalue weighted by Crippen LogP contribution is -2.25. The summed E-state index contributed by atoms with van der Waals surface area (Å²) in [6.45, 7) is 7.66. The summed E-state index contributed by atoms with van der Waals surface area (Å²) in [7, 11) is 3.22. The Kier molecular flexibility index (Phi) is 7.03. The SMILES string of the molecule is COc1ccc(N(c2cccc(C(=O)OC(C)(C)C)c2)C(C)c2cccnc2)cc1OC. The van der Waals surface area contributed by atoms with E-state index in [-0.39, 0.29) is 12.0 Å². The molecule has 0 fully saturated rings. The second-order valence-corrected chi connectivity index (χ2v) is 8.42. The van der Waals surface area contributed by atoms with Gasteiger partial charge in [0.05, 0.1) is 25.8 Å². The quantitative estimate of drug-likeness (QED) is 0.428. The minimum Gasteiger partial charge on any atom is -0.493 e. The zero-order valence-electron chi connectivity index (χ0n) is 19.5. The number of benzene rings is 2. The molecule has 0 aliphatic rings. The molecule has 1 unspecified atom stereocenters. The summed E-state index contributed by atoms with van der Waals surface area (Å²) >= 11 is 0. The Morgan fingerprint density at radius 2 is 1.66 bits per heavy atom. The molecule has 168 valence electrons. The summed E-state index contributed by atoms with van der Waals surface area (Å²) in [5.74, 6) is 0.907. The van der Waals surface area contributed by atoms with Gasteiger partial charge in [-0.15, -0.1) is 0 Å². The summed E-state index contributed by atoms with van der Waals surface area (Å²) in [6.07, 6.45) is 3.59. The van der Waals surface area contributed by atoms with Crippen LogP contribution >= 0.6 is 0 Å². The highest BCUT2D eigenvalue weighted by atomic mass is 16.6.